The molecule has 0 amide bonds. The zero-order valence-electron chi connectivity index (χ0n) is 11.0. The van der Waals surface area contributed by atoms with Crippen molar-refractivity contribution in [2.75, 3.05) is 0 Å². The highest BCUT2D eigenvalue weighted by Crippen LogP contribution is 2.24. The van der Waals surface area contributed by atoms with Gasteiger partial charge in [0.1, 0.15) is 5.82 Å². The zero-order chi connectivity index (χ0) is 13.5. The highest BCUT2D eigenvalue weighted by Gasteiger charge is 2.07. The molecule has 0 aliphatic heterocycles. The molecule has 0 fully saturated rings. The fraction of sp³-hybridized carbons (Fsp3) is 0.0625. The van der Waals surface area contributed by atoms with Crippen LogP contribution >= 0.6 is 0 Å². The van der Waals surface area contributed by atoms with Crippen LogP contribution in [0.5, 0.6) is 0 Å². The first-order valence-corrected chi connectivity index (χ1v) is 6.48. The first-order chi connectivity index (χ1) is 9.81. The van der Waals surface area contributed by atoms with Crippen molar-refractivity contribution in [3.63, 3.8) is 0 Å². The highest BCUT2D eigenvalue weighted by atomic mass is 15.0. The second-order valence-electron chi connectivity index (χ2n) is 4.82. The summed E-state index contributed by atoms with van der Waals surface area (Å²) < 4.78 is 0. The molecule has 0 saturated heterocycles. The Morgan fingerprint density at radius 2 is 1.95 bits per heavy atom. The third-order valence-corrected chi connectivity index (χ3v) is 3.49. The number of benzene rings is 1. The van der Waals surface area contributed by atoms with Gasteiger partial charge in [-0.3, -0.25) is 4.98 Å². The number of aromatic nitrogens is 4. The van der Waals surface area contributed by atoms with Gasteiger partial charge in [0.25, 0.3) is 0 Å². The number of aromatic amines is 1. The molecule has 1 aromatic carbocycles. The Kier molecular flexibility index (Phi) is 2.29. The van der Waals surface area contributed by atoms with E-state index >= 15 is 0 Å². The molecule has 4 heteroatoms. The average Bonchev–Trinajstić information content (AvgIpc) is 2.91. The van der Waals surface area contributed by atoms with Crippen molar-refractivity contribution in [2.24, 2.45) is 0 Å². The number of nitrogens with one attached hydrogen (secondary N) is 1. The number of nitrogens with zero attached hydrogens (tertiary/aromatic N) is 3. The van der Waals surface area contributed by atoms with Gasteiger partial charge < -0.3 is 4.98 Å². The Labute approximate surface area is 115 Å². The molecule has 0 atom stereocenters. The summed E-state index contributed by atoms with van der Waals surface area (Å²) in [6.07, 6.45) is 3.59. The molecular weight excluding hydrogens is 248 g/mol. The van der Waals surface area contributed by atoms with Crippen LogP contribution in [0.25, 0.3) is 33.5 Å². The molecule has 20 heavy (non-hydrogen) atoms. The van der Waals surface area contributed by atoms with Gasteiger partial charge in [0.15, 0.2) is 5.65 Å². The van der Waals surface area contributed by atoms with Crippen molar-refractivity contribution < 1.29 is 0 Å². The molecule has 3 aromatic heterocycles. The van der Waals surface area contributed by atoms with Crippen molar-refractivity contribution in [3.05, 3.63) is 54.4 Å². The Bertz CT molecular complexity index is 891. The molecule has 0 bridgehead atoms. The Morgan fingerprint density at radius 3 is 2.85 bits per heavy atom. The van der Waals surface area contributed by atoms with Crippen molar-refractivity contribution in [3.8, 4) is 11.4 Å². The molecule has 0 saturated carbocycles. The zero-order valence-corrected chi connectivity index (χ0v) is 11.0. The van der Waals surface area contributed by atoms with Crippen LogP contribution in [-0.2, 0) is 0 Å². The predicted octanol–water partition coefficient (Wildman–Crippen LogP) is 3.48. The molecule has 0 aliphatic rings. The van der Waals surface area contributed by atoms with E-state index in [2.05, 4.69) is 32.9 Å². The Balaban J connectivity index is 1.95. The lowest BCUT2D eigenvalue weighted by Gasteiger charge is -2.03. The van der Waals surface area contributed by atoms with E-state index in [1.54, 1.807) is 6.20 Å². The monoisotopic (exact) mass is 260 g/mol. The van der Waals surface area contributed by atoms with E-state index in [1.165, 1.54) is 5.56 Å². The fourth-order valence-electron chi connectivity index (χ4n) is 2.41. The summed E-state index contributed by atoms with van der Waals surface area (Å²) in [5.41, 5.74) is 4.96. The molecule has 1 N–H and O–H groups in total. The fourth-order valence-corrected chi connectivity index (χ4v) is 2.41. The second kappa shape index (κ2) is 4.13. The van der Waals surface area contributed by atoms with Crippen LogP contribution in [0.2, 0.25) is 0 Å². The lowest BCUT2D eigenvalue weighted by atomic mass is 10.1. The van der Waals surface area contributed by atoms with Crippen molar-refractivity contribution in [1.29, 1.82) is 0 Å². The van der Waals surface area contributed by atoms with Gasteiger partial charge in [0.2, 0.25) is 0 Å². The number of fused-ring (bicyclic) bond motifs is 2. The molecule has 0 radical (unpaired) electrons. The van der Waals surface area contributed by atoms with Gasteiger partial charge in [-0.25, -0.2) is 9.97 Å². The second-order valence-corrected chi connectivity index (χ2v) is 4.82. The first kappa shape index (κ1) is 11.1. The van der Waals surface area contributed by atoms with Crippen LogP contribution in [0.1, 0.15) is 5.56 Å². The first-order valence-electron chi connectivity index (χ1n) is 6.48. The molecule has 4 nitrogen and oxygen atoms in total. The van der Waals surface area contributed by atoms with Crippen molar-refractivity contribution in [1.82, 2.24) is 19.9 Å². The lowest BCUT2D eigenvalue weighted by Crippen LogP contribution is -1.85. The summed E-state index contributed by atoms with van der Waals surface area (Å²) in [5.74, 6) is 0.837. The van der Waals surface area contributed by atoms with E-state index in [0.29, 0.717) is 0 Å². The molecule has 96 valence electrons. The van der Waals surface area contributed by atoms with E-state index in [0.717, 1.165) is 33.5 Å². The molecule has 3 heterocycles. The van der Waals surface area contributed by atoms with Gasteiger partial charge in [0.05, 0.1) is 11.0 Å². The third kappa shape index (κ3) is 1.66. The van der Waals surface area contributed by atoms with Gasteiger partial charge in [0, 0.05) is 23.3 Å². The van der Waals surface area contributed by atoms with Crippen LogP contribution in [0, 0.1) is 6.92 Å². The summed E-state index contributed by atoms with van der Waals surface area (Å²) in [5, 5.41) is 1.15. The van der Waals surface area contributed by atoms with Gasteiger partial charge >= 0.3 is 0 Å². The summed E-state index contributed by atoms with van der Waals surface area (Å²) in [4.78, 5) is 16.5. The standard InChI is InChI=1S/C16H12N4/c1-10-6-8-17-13-5-4-11(9-12(10)13)15-19-14-3-2-7-18-16(14)20-15/h2-9H,1H3,(H,18,19,20). The van der Waals surface area contributed by atoms with Gasteiger partial charge in [-0.15, -0.1) is 0 Å². The predicted molar refractivity (Wildman–Crippen MR) is 79.4 cm³/mol. The third-order valence-electron chi connectivity index (χ3n) is 3.49. The Morgan fingerprint density at radius 1 is 1.00 bits per heavy atom. The SMILES string of the molecule is Cc1ccnc2ccc(-c3nc4ncccc4[nH]3)cc12. The molecule has 0 aliphatic carbocycles. The van der Waals surface area contributed by atoms with Crippen LogP contribution < -0.4 is 0 Å². The van der Waals surface area contributed by atoms with Crippen molar-refractivity contribution >= 4 is 22.1 Å². The van der Waals surface area contributed by atoms with Crippen molar-refractivity contribution in [2.45, 2.75) is 6.92 Å². The number of hydrogen-bond acceptors (Lipinski definition) is 3. The summed E-state index contributed by atoms with van der Waals surface area (Å²) in [6.45, 7) is 2.09. The maximum absolute atomic E-state index is 4.53. The van der Waals surface area contributed by atoms with E-state index < -0.39 is 0 Å². The maximum Gasteiger partial charge on any atom is 0.178 e. The number of aryl methyl sites for hydroxylation is 1. The number of H-pyrrole nitrogens is 1. The molecule has 4 rings (SSSR count). The van der Waals surface area contributed by atoms with Crippen LogP contribution in [0.15, 0.2) is 48.8 Å². The molecule has 0 unspecified atom stereocenters. The van der Waals surface area contributed by atoms with E-state index in [4.69, 9.17) is 0 Å². The molecule has 0 spiro atoms. The highest BCUT2D eigenvalue weighted by molar-refractivity contribution is 5.87. The largest absolute Gasteiger partial charge is 0.337 e. The minimum absolute atomic E-state index is 0.741. The number of hydrogen-bond donors (Lipinski definition) is 1. The maximum atomic E-state index is 4.53. The van der Waals surface area contributed by atoms with E-state index in [-0.39, 0.29) is 0 Å². The molecular formula is C16H12N4. The van der Waals surface area contributed by atoms with Gasteiger partial charge in [-0.05, 0) is 48.9 Å². The van der Waals surface area contributed by atoms with E-state index in [9.17, 15) is 0 Å². The summed E-state index contributed by atoms with van der Waals surface area (Å²) >= 11 is 0. The van der Waals surface area contributed by atoms with E-state index in [1.807, 2.05) is 36.5 Å². The van der Waals surface area contributed by atoms with Gasteiger partial charge in [-0.2, -0.15) is 0 Å². The van der Waals surface area contributed by atoms with Crippen LogP contribution in [-0.4, -0.2) is 19.9 Å². The minimum atomic E-state index is 0.741. The minimum Gasteiger partial charge on any atom is -0.337 e. The van der Waals surface area contributed by atoms with Crippen LogP contribution in [0.3, 0.4) is 0 Å². The van der Waals surface area contributed by atoms with Crippen LogP contribution in [0.4, 0.5) is 0 Å². The quantitative estimate of drug-likeness (QED) is 0.570. The lowest BCUT2D eigenvalue weighted by molar-refractivity contribution is 1.30. The number of rotatable bonds is 1. The Hall–Kier alpha value is -2.75. The normalized spacial score (nSPS) is 11.2. The summed E-state index contributed by atoms with van der Waals surface area (Å²) in [6, 6.07) is 12.1. The average molecular weight is 260 g/mol. The number of pyridine rings is 2. The number of imidazole rings is 1. The van der Waals surface area contributed by atoms with Gasteiger partial charge in [-0.1, -0.05) is 0 Å². The summed E-state index contributed by atoms with van der Waals surface area (Å²) in [7, 11) is 0. The smallest absolute Gasteiger partial charge is 0.178 e. The topological polar surface area (TPSA) is 54.5 Å². The molecule has 4 aromatic rings.